The molecule has 0 radical (unpaired) electrons. The van der Waals surface area contributed by atoms with Gasteiger partial charge in [-0.1, -0.05) is 19.6 Å². The highest BCUT2D eigenvalue weighted by Gasteiger charge is 2.29. The number of halogens is 2. The molecular formula is C17H18F2N2. The molecule has 1 atom stereocenters. The van der Waals surface area contributed by atoms with Crippen molar-refractivity contribution in [3.63, 3.8) is 0 Å². The molecule has 0 saturated carbocycles. The molecule has 21 heavy (non-hydrogen) atoms. The Morgan fingerprint density at radius 3 is 2.62 bits per heavy atom. The molecule has 0 aliphatic carbocycles. The van der Waals surface area contributed by atoms with E-state index in [1.54, 1.807) is 18.5 Å². The molecule has 0 fully saturated rings. The normalized spacial score (nSPS) is 20.2. The average Bonchev–Trinajstić information content (AvgIpc) is 2.46. The number of rotatable bonds is 3. The van der Waals surface area contributed by atoms with Gasteiger partial charge < -0.3 is 4.90 Å². The van der Waals surface area contributed by atoms with Gasteiger partial charge in [-0.2, -0.15) is 0 Å². The predicted molar refractivity (Wildman–Crippen MR) is 84.6 cm³/mol. The lowest BCUT2D eigenvalue weighted by Gasteiger charge is -2.37. The number of anilines is 1. The lowest BCUT2D eigenvalue weighted by molar-refractivity contribution is 0.507. The van der Waals surface area contributed by atoms with Gasteiger partial charge in [-0.15, -0.1) is 6.58 Å². The van der Waals surface area contributed by atoms with Crippen LogP contribution in [-0.2, 0) is 0 Å². The van der Waals surface area contributed by atoms with Crippen LogP contribution < -0.4 is 4.90 Å². The van der Waals surface area contributed by atoms with E-state index in [9.17, 15) is 8.78 Å². The maximum Gasteiger partial charge on any atom is 0.160 e. The molecule has 1 aliphatic heterocycles. The molecule has 1 aromatic rings. The molecule has 1 heterocycles. The van der Waals surface area contributed by atoms with Crippen molar-refractivity contribution >= 4 is 17.5 Å². The molecule has 0 saturated heterocycles. The molecule has 1 aromatic carbocycles. The molecule has 110 valence electrons. The van der Waals surface area contributed by atoms with Crippen molar-refractivity contribution in [1.29, 1.82) is 0 Å². The van der Waals surface area contributed by atoms with Gasteiger partial charge >= 0.3 is 0 Å². The third-order valence-corrected chi connectivity index (χ3v) is 3.55. The molecule has 1 unspecified atom stereocenters. The average molecular weight is 288 g/mol. The molecule has 0 N–H and O–H groups in total. The maximum atomic E-state index is 13.5. The van der Waals surface area contributed by atoms with Crippen LogP contribution in [0.15, 0.2) is 48.1 Å². The summed E-state index contributed by atoms with van der Waals surface area (Å²) in [6, 6.07) is 2.20. The zero-order valence-corrected chi connectivity index (χ0v) is 12.2. The smallest absolute Gasteiger partial charge is 0.160 e. The Labute approximate surface area is 123 Å². The zero-order chi connectivity index (χ0) is 15.6. The Morgan fingerprint density at radius 2 is 2.00 bits per heavy atom. The van der Waals surface area contributed by atoms with E-state index in [4.69, 9.17) is 0 Å². The van der Waals surface area contributed by atoms with Crippen LogP contribution in [0.4, 0.5) is 14.5 Å². The zero-order valence-electron chi connectivity index (χ0n) is 12.2. The van der Waals surface area contributed by atoms with E-state index in [0.717, 1.165) is 12.0 Å². The summed E-state index contributed by atoms with van der Waals surface area (Å²) in [7, 11) is 1.81. The fourth-order valence-electron chi connectivity index (χ4n) is 2.44. The van der Waals surface area contributed by atoms with Crippen LogP contribution in [-0.4, -0.2) is 19.3 Å². The van der Waals surface area contributed by atoms with Gasteiger partial charge in [-0.05, 0) is 18.1 Å². The van der Waals surface area contributed by atoms with Crippen LogP contribution in [0, 0.1) is 11.6 Å². The summed E-state index contributed by atoms with van der Waals surface area (Å²) in [4.78, 5) is 6.06. The third kappa shape index (κ3) is 2.66. The number of benzene rings is 1. The second-order valence-electron chi connectivity index (χ2n) is 4.88. The first kappa shape index (κ1) is 15.2. The van der Waals surface area contributed by atoms with Gasteiger partial charge in [0, 0.05) is 42.4 Å². The Morgan fingerprint density at radius 1 is 1.33 bits per heavy atom. The second kappa shape index (κ2) is 6.04. The molecule has 0 aromatic heterocycles. The molecule has 0 bridgehead atoms. The molecule has 4 heteroatoms. The molecule has 0 amide bonds. The van der Waals surface area contributed by atoms with Gasteiger partial charge in [0.2, 0.25) is 0 Å². The van der Waals surface area contributed by atoms with Crippen LogP contribution in [0.25, 0.3) is 5.57 Å². The van der Waals surface area contributed by atoms with E-state index in [1.165, 1.54) is 12.1 Å². The minimum atomic E-state index is -0.878. The summed E-state index contributed by atoms with van der Waals surface area (Å²) in [5.74, 6) is -1.75. The first-order chi connectivity index (χ1) is 10.0. The van der Waals surface area contributed by atoms with Crippen molar-refractivity contribution < 1.29 is 8.78 Å². The quantitative estimate of drug-likeness (QED) is 0.596. The van der Waals surface area contributed by atoms with Crippen molar-refractivity contribution in [2.45, 2.75) is 19.4 Å². The third-order valence-electron chi connectivity index (χ3n) is 3.55. The number of likely N-dealkylation sites (N-methyl/N-ethyl adjacent to an activating group) is 1. The highest BCUT2D eigenvalue weighted by molar-refractivity contribution is 5.90. The first-order valence-electron chi connectivity index (χ1n) is 6.77. The monoisotopic (exact) mass is 288 g/mol. The van der Waals surface area contributed by atoms with Crippen molar-refractivity contribution in [2.75, 3.05) is 11.9 Å². The summed E-state index contributed by atoms with van der Waals surface area (Å²) >= 11 is 0. The SMILES string of the molecule is C=CC1/C(=C/N=CCC)C(=C)c2cc(F)c(F)cc2N1C. The van der Waals surface area contributed by atoms with Crippen LogP contribution >= 0.6 is 0 Å². The number of aliphatic imine (C=N–C) groups is 1. The number of hydrogen-bond acceptors (Lipinski definition) is 2. The summed E-state index contributed by atoms with van der Waals surface area (Å²) in [5, 5.41) is 0. The topological polar surface area (TPSA) is 15.6 Å². The summed E-state index contributed by atoms with van der Waals surface area (Å²) in [6.07, 6.45) is 6.05. The van der Waals surface area contributed by atoms with Gasteiger partial charge in [0.25, 0.3) is 0 Å². The minimum Gasteiger partial charge on any atom is -0.363 e. The molecule has 0 spiro atoms. The first-order valence-corrected chi connectivity index (χ1v) is 6.77. The number of hydrogen-bond donors (Lipinski definition) is 0. The van der Waals surface area contributed by atoms with E-state index in [-0.39, 0.29) is 6.04 Å². The van der Waals surface area contributed by atoms with Gasteiger partial charge in [0.05, 0.1) is 6.04 Å². The lowest BCUT2D eigenvalue weighted by atomic mass is 9.87. The maximum absolute atomic E-state index is 13.5. The highest BCUT2D eigenvalue weighted by atomic mass is 19.2. The Hall–Kier alpha value is -2.23. The number of fused-ring (bicyclic) bond motifs is 1. The van der Waals surface area contributed by atoms with Gasteiger partial charge in [-0.3, -0.25) is 4.99 Å². The molecule has 2 nitrogen and oxygen atoms in total. The van der Waals surface area contributed by atoms with E-state index in [2.05, 4.69) is 18.2 Å². The lowest BCUT2D eigenvalue weighted by Crippen LogP contribution is -2.36. The Balaban J connectivity index is 2.59. The van der Waals surface area contributed by atoms with Crippen molar-refractivity contribution in [2.24, 2.45) is 4.99 Å². The summed E-state index contributed by atoms with van der Waals surface area (Å²) < 4.78 is 27.0. The van der Waals surface area contributed by atoms with E-state index in [0.29, 0.717) is 16.8 Å². The highest BCUT2D eigenvalue weighted by Crippen LogP contribution is 2.40. The van der Waals surface area contributed by atoms with E-state index in [1.807, 2.05) is 18.9 Å². The van der Waals surface area contributed by atoms with Crippen molar-refractivity contribution in [3.05, 3.63) is 60.3 Å². The van der Waals surface area contributed by atoms with Crippen molar-refractivity contribution in [1.82, 2.24) is 0 Å². The molecular weight excluding hydrogens is 270 g/mol. The Kier molecular flexibility index (Phi) is 4.36. The van der Waals surface area contributed by atoms with Gasteiger partial charge in [-0.25, -0.2) is 8.78 Å². The van der Waals surface area contributed by atoms with Crippen LogP contribution in [0.1, 0.15) is 18.9 Å². The van der Waals surface area contributed by atoms with Crippen LogP contribution in [0.5, 0.6) is 0 Å². The van der Waals surface area contributed by atoms with Crippen LogP contribution in [0.3, 0.4) is 0 Å². The summed E-state index contributed by atoms with van der Waals surface area (Å²) in [5.41, 5.74) is 2.64. The Bertz CT molecular complexity index is 644. The standard InChI is InChI=1S/C17H18F2N2/c1-5-7-20-10-13-11(3)12-8-14(18)15(19)9-17(12)21(4)16(13)6-2/h6-10,16H,2-3,5H2,1,4H3/b13-10+,20-7?. The van der Waals surface area contributed by atoms with Crippen LogP contribution in [0.2, 0.25) is 0 Å². The fourth-order valence-corrected chi connectivity index (χ4v) is 2.44. The largest absolute Gasteiger partial charge is 0.363 e. The second-order valence-corrected chi connectivity index (χ2v) is 4.88. The van der Waals surface area contributed by atoms with Gasteiger partial charge in [0.15, 0.2) is 11.6 Å². The molecule has 2 rings (SSSR count). The van der Waals surface area contributed by atoms with Crippen molar-refractivity contribution in [3.8, 4) is 0 Å². The minimum absolute atomic E-state index is 0.177. The molecule has 1 aliphatic rings. The van der Waals surface area contributed by atoms with E-state index >= 15 is 0 Å². The van der Waals surface area contributed by atoms with Gasteiger partial charge in [0.1, 0.15) is 0 Å². The number of nitrogens with zero attached hydrogens (tertiary/aromatic N) is 2. The predicted octanol–water partition coefficient (Wildman–Crippen LogP) is 4.35. The van der Waals surface area contributed by atoms with E-state index < -0.39 is 11.6 Å². The summed E-state index contributed by atoms with van der Waals surface area (Å²) in [6.45, 7) is 9.82. The fraction of sp³-hybridized carbons (Fsp3) is 0.235.